The average molecular weight is 527 g/mol. The quantitative estimate of drug-likeness (QED) is 0.468. The molecule has 0 spiro atoms. The van der Waals surface area contributed by atoms with Gasteiger partial charge in [-0.25, -0.2) is 4.39 Å². The first-order valence-corrected chi connectivity index (χ1v) is 11.8. The highest BCUT2D eigenvalue weighted by atomic mass is 19.4. The summed E-state index contributed by atoms with van der Waals surface area (Å²) in [6.07, 6.45) is -3.93. The average Bonchev–Trinajstić information content (AvgIpc) is 3.50. The van der Waals surface area contributed by atoms with E-state index in [1.165, 1.54) is 29.2 Å². The molecule has 3 aromatic rings. The Kier molecular flexibility index (Phi) is 6.38. The Morgan fingerprint density at radius 3 is 2.45 bits per heavy atom. The van der Waals surface area contributed by atoms with Crippen molar-refractivity contribution in [1.29, 1.82) is 5.26 Å². The lowest BCUT2D eigenvalue weighted by atomic mass is 9.99. The molecule has 5 rings (SSSR count). The summed E-state index contributed by atoms with van der Waals surface area (Å²) in [5.41, 5.74) is -0.428. The Morgan fingerprint density at radius 2 is 1.84 bits per heavy atom. The second-order valence-corrected chi connectivity index (χ2v) is 9.42. The van der Waals surface area contributed by atoms with Gasteiger partial charge in [-0.15, -0.1) is 10.2 Å². The van der Waals surface area contributed by atoms with Gasteiger partial charge in [0.2, 0.25) is 23.6 Å². The molecule has 1 aromatic heterocycles. The van der Waals surface area contributed by atoms with Crippen molar-refractivity contribution in [2.24, 2.45) is 5.92 Å². The molecule has 2 fully saturated rings. The maximum absolute atomic E-state index is 14.9. The summed E-state index contributed by atoms with van der Waals surface area (Å²) in [7, 11) is 0. The van der Waals surface area contributed by atoms with E-state index >= 15 is 0 Å². The van der Waals surface area contributed by atoms with Crippen LogP contribution in [0.3, 0.4) is 0 Å². The summed E-state index contributed by atoms with van der Waals surface area (Å²) in [4.78, 5) is 29.8. The van der Waals surface area contributed by atoms with Crippen molar-refractivity contribution in [3.63, 3.8) is 0 Å². The Labute approximate surface area is 214 Å². The fourth-order valence-corrected chi connectivity index (χ4v) is 5.19. The van der Waals surface area contributed by atoms with Crippen molar-refractivity contribution in [3.8, 4) is 6.07 Å². The molecule has 2 aromatic carbocycles. The molecule has 1 saturated carbocycles. The van der Waals surface area contributed by atoms with Gasteiger partial charge in [-0.2, -0.15) is 18.4 Å². The lowest BCUT2D eigenvalue weighted by Gasteiger charge is -2.29. The van der Waals surface area contributed by atoms with Gasteiger partial charge in [0.15, 0.2) is 0 Å². The molecule has 1 aliphatic carbocycles. The monoisotopic (exact) mass is 527 g/mol. The maximum Gasteiger partial charge on any atom is 0.416 e. The van der Waals surface area contributed by atoms with Gasteiger partial charge in [-0.05, 0) is 48.7 Å². The number of carbonyl (C=O) groups excluding carboxylic acids is 2. The fourth-order valence-electron chi connectivity index (χ4n) is 5.19. The number of amides is 2. The molecule has 1 aliphatic heterocycles. The van der Waals surface area contributed by atoms with E-state index in [-0.39, 0.29) is 30.1 Å². The number of fused-ring (bicyclic) bond motifs is 1. The third-order valence-corrected chi connectivity index (χ3v) is 7.02. The maximum atomic E-state index is 14.9. The van der Waals surface area contributed by atoms with E-state index in [0.29, 0.717) is 23.8 Å². The van der Waals surface area contributed by atoms with Gasteiger partial charge >= 0.3 is 6.18 Å². The number of nitrogens with zero attached hydrogens (tertiary/aromatic N) is 5. The molecular formula is C26H21F4N5O3. The number of aromatic nitrogens is 2. The normalized spacial score (nSPS) is 21.8. The molecule has 0 radical (unpaired) electrons. The highest BCUT2D eigenvalue weighted by Gasteiger charge is 2.49. The molecule has 12 heteroatoms. The zero-order valence-electron chi connectivity index (χ0n) is 20.1. The van der Waals surface area contributed by atoms with Crippen molar-refractivity contribution < 1.29 is 31.6 Å². The number of rotatable bonds is 4. The number of benzene rings is 2. The van der Waals surface area contributed by atoms with Gasteiger partial charge in [0.05, 0.1) is 28.8 Å². The number of anilines is 1. The second-order valence-electron chi connectivity index (χ2n) is 9.42. The van der Waals surface area contributed by atoms with E-state index in [1.807, 2.05) is 6.07 Å². The van der Waals surface area contributed by atoms with Crippen molar-refractivity contribution in [2.45, 2.75) is 44.4 Å². The molecule has 38 heavy (non-hydrogen) atoms. The van der Waals surface area contributed by atoms with Crippen molar-refractivity contribution in [1.82, 2.24) is 15.1 Å². The summed E-state index contributed by atoms with van der Waals surface area (Å²) in [6, 6.07) is 9.32. The van der Waals surface area contributed by atoms with E-state index < -0.39 is 47.9 Å². The summed E-state index contributed by atoms with van der Waals surface area (Å²) < 4.78 is 59.6. The molecule has 0 N–H and O–H groups in total. The van der Waals surface area contributed by atoms with Crippen LogP contribution in [0.2, 0.25) is 0 Å². The van der Waals surface area contributed by atoms with Crippen molar-refractivity contribution >= 4 is 17.5 Å². The minimum atomic E-state index is -4.50. The van der Waals surface area contributed by atoms with Crippen LogP contribution in [0.4, 0.5) is 23.2 Å². The van der Waals surface area contributed by atoms with Gasteiger partial charge in [0.1, 0.15) is 12.4 Å². The number of carbonyl (C=O) groups is 2. The van der Waals surface area contributed by atoms with Gasteiger partial charge in [0, 0.05) is 25.4 Å². The first-order valence-electron chi connectivity index (χ1n) is 11.8. The summed E-state index contributed by atoms with van der Waals surface area (Å²) >= 11 is 0. The van der Waals surface area contributed by atoms with Crippen LogP contribution in [0, 0.1) is 30.0 Å². The Hall–Kier alpha value is -4.27. The molecule has 0 unspecified atom stereocenters. The van der Waals surface area contributed by atoms with E-state index in [4.69, 9.17) is 9.68 Å². The Bertz CT molecular complexity index is 1430. The first kappa shape index (κ1) is 25.4. The van der Waals surface area contributed by atoms with Crippen LogP contribution in [0.1, 0.15) is 47.2 Å². The number of hydrogen-bond acceptors (Lipinski definition) is 6. The van der Waals surface area contributed by atoms with Gasteiger partial charge < -0.3 is 9.32 Å². The molecule has 196 valence electrons. The van der Waals surface area contributed by atoms with Crippen molar-refractivity contribution in [3.05, 3.63) is 76.8 Å². The highest BCUT2D eigenvalue weighted by molar-refractivity contribution is 6.02. The molecule has 2 aliphatic rings. The smallest absolute Gasteiger partial charge is 0.416 e. The fraction of sp³-hybridized carbons (Fsp3) is 0.346. The number of nitriles is 1. The number of aryl methyl sites for hydroxylation is 1. The topological polar surface area (TPSA) is 103 Å². The SMILES string of the molecule is Cc1nnc([C@@H]2C[C@@H]3C(=O)N(c4ccc(C#N)cc4F)CC(=O)N(Cc4ccc(C(F)(F)F)cc4)[C@H]3C2)o1. The van der Waals surface area contributed by atoms with Crippen LogP contribution in [0.25, 0.3) is 0 Å². The number of halogens is 4. The molecule has 8 nitrogen and oxygen atoms in total. The van der Waals surface area contributed by atoms with E-state index in [1.54, 1.807) is 6.92 Å². The molecule has 2 amide bonds. The number of alkyl halides is 3. The standard InChI is InChI=1S/C26H21F4N5O3/c1-14-32-33-24(38-14)17-9-19-22(10-17)34(12-15-2-5-18(6-3-15)26(28,29)30)23(36)13-35(25(19)37)21-7-4-16(11-31)8-20(21)27/h2-8,17,19,22H,9-10,12-13H2,1H3/t17-,19+,22+/m1/s1. The molecule has 3 atom stereocenters. The summed E-state index contributed by atoms with van der Waals surface area (Å²) in [5, 5.41) is 17.0. The van der Waals surface area contributed by atoms with Crippen LogP contribution in [-0.2, 0) is 22.3 Å². The summed E-state index contributed by atoms with van der Waals surface area (Å²) in [5.74, 6) is -2.21. The van der Waals surface area contributed by atoms with E-state index in [2.05, 4.69) is 10.2 Å². The second kappa shape index (κ2) is 9.55. The Balaban J connectivity index is 1.50. The van der Waals surface area contributed by atoms with E-state index in [9.17, 15) is 27.2 Å². The van der Waals surface area contributed by atoms with Gasteiger partial charge in [-0.1, -0.05) is 12.1 Å². The molecule has 1 saturated heterocycles. The lowest BCUT2D eigenvalue weighted by Crippen LogP contribution is -2.42. The zero-order valence-corrected chi connectivity index (χ0v) is 20.1. The molecule has 0 bridgehead atoms. The van der Waals surface area contributed by atoms with Crippen LogP contribution in [0.15, 0.2) is 46.9 Å². The highest BCUT2D eigenvalue weighted by Crippen LogP contribution is 2.44. The summed E-state index contributed by atoms with van der Waals surface area (Å²) in [6.45, 7) is 1.13. The predicted octanol–water partition coefficient (Wildman–Crippen LogP) is 4.35. The number of hydrogen-bond donors (Lipinski definition) is 0. The van der Waals surface area contributed by atoms with Crippen LogP contribution < -0.4 is 4.90 Å². The predicted molar refractivity (Wildman–Crippen MR) is 124 cm³/mol. The third kappa shape index (κ3) is 4.71. The van der Waals surface area contributed by atoms with Crippen LogP contribution in [0.5, 0.6) is 0 Å². The van der Waals surface area contributed by atoms with E-state index in [0.717, 1.165) is 23.1 Å². The third-order valence-electron chi connectivity index (χ3n) is 7.02. The first-order chi connectivity index (χ1) is 18.0. The van der Waals surface area contributed by atoms with Crippen LogP contribution >= 0.6 is 0 Å². The van der Waals surface area contributed by atoms with Gasteiger partial charge in [0.25, 0.3) is 0 Å². The minimum absolute atomic E-state index is 0.0370. The minimum Gasteiger partial charge on any atom is -0.425 e. The van der Waals surface area contributed by atoms with Gasteiger partial charge in [-0.3, -0.25) is 14.5 Å². The largest absolute Gasteiger partial charge is 0.425 e. The Morgan fingerprint density at radius 1 is 1.11 bits per heavy atom. The van der Waals surface area contributed by atoms with Crippen molar-refractivity contribution in [2.75, 3.05) is 11.4 Å². The molecule has 2 heterocycles. The van der Waals surface area contributed by atoms with Crippen LogP contribution in [-0.4, -0.2) is 39.5 Å². The molecular weight excluding hydrogens is 506 g/mol. The lowest BCUT2D eigenvalue weighted by molar-refractivity contribution is -0.137. The zero-order chi connectivity index (χ0) is 27.2.